The van der Waals surface area contributed by atoms with E-state index in [0.29, 0.717) is 16.6 Å². The number of rotatable bonds is 2. The fourth-order valence-electron chi connectivity index (χ4n) is 3.09. The molecule has 10 nitrogen and oxygen atoms in total. The van der Waals surface area contributed by atoms with Crippen LogP contribution in [-0.4, -0.2) is 56.2 Å². The molecule has 1 aromatic heterocycles. The van der Waals surface area contributed by atoms with Gasteiger partial charge in [-0.15, -0.1) is 0 Å². The number of amides is 1. The van der Waals surface area contributed by atoms with E-state index >= 15 is 0 Å². The number of nitrogens with one attached hydrogen (secondary N) is 1. The number of anilines is 1. The maximum Gasteiger partial charge on any atom is 0.513 e. The van der Waals surface area contributed by atoms with Gasteiger partial charge in [-0.2, -0.15) is 0 Å². The summed E-state index contributed by atoms with van der Waals surface area (Å²) < 4.78 is 19.2. The Morgan fingerprint density at radius 1 is 1.15 bits per heavy atom. The number of carbonyl (C=O) groups is 3. The molecule has 144 valence electrons. The Bertz CT molecular complexity index is 919. The molecule has 27 heavy (non-hydrogen) atoms. The van der Waals surface area contributed by atoms with Crippen molar-refractivity contribution in [1.82, 2.24) is 4.98 Å². The Balaban J connectivity index is 2.28. The van der Waals surface area contributed by atoms with Crippen LogP contribution in [0.1, 0.15) is 28.6 Å². The maximum atomic E-state index is 12.1. The maximum absolute atomic E-state index is 12.1. The number of H-pyrrole nitrogens is 1. The van der Waals surface area contributed by atoms with Gasteiger partial charge in [0.2, 0.25) is 0 Å². The van der Waals surface area contributed by atoms with Gasteiger partial charge in [-0.05, 0) is 12.5 Å². The van der Waals surface area contributed by atoms with Gasteiger partial charge in [0, 0.05) is 23.6 Å². The third-order valence-electron chi connectivity index (χ3n) is 4.31. The van der Waals surface area contributed by atoms with E-state index in [-0.39, 0.29) is 29.9 Å². The minimum absolute atomic E-state index is 0.0220. The second-order valence-corrected chi connectivity index (χ2v) is 5.75. The monoisotopic (exact) mass is 378 g/mol. The van der Waals surface area contributed by atoms with Gasteiger partial charge in [-0.1, -0.05) is 0 Å². The zero-order valence-electron chi connectivity index (χ0n) is 14.9. The fraction of sp³-hybridized carbons (Fsp3) is 0.353. The number of aromatic nitrogens is 1. The van der Waals surface area contributed by atoms with Crippen molar-refractivity contribution in [1.29, 1.82) is 0 Å². The summed E-state index contributed by atoms with van der Waals surface area (Å²) in [4.78, 5) is 39.8. The van der Waals surface area contributed by atoms with Gasteiger partial charge in [0.05, 0.1) is 38.6 Å². The number of aliphatic hydroxyl groups is 1. The van der Waals surface area contributed by atoms with Crippen molar-refractivity contribution in [3.8, 4) is 5.75 Å². The molecule has 0 bridgehead atoms. The standard InChI is InChI=1S/C17H18N2O8/c1-24-15(21)9-6-8-13-10(19(16(22)25-2)5-4-11(13)20)7-12(14(8)18-9)27-17(23)26-3/h6-7,11,18,20H,4-5H2,1-3H3. The zero-order chi connectivity index (χ0) is 19.7. The normalized spacial score (nSPS) is 15.9. The molecule has 0 saturated carbocycles. The van der Waals surface area contributed by atoms with Crippen molar-refractivity contribution in [3.63, 3.8) is 0 Å². The van der Waals surface area contributed by atoms with Gasteiger partial charge < -0.3 is 29.0 Å². The molecule has 0 fully saturated rings. The minimum Gasteiger partial charge on any atom is -0.464 e. The van der Waals surface area contributed by atoms with Gasteiger partial charge in [0.25, 0.3) is 0 Å². The van der Waals surface area contributed by atoms with Gasteiger partial charge in [0.1, 0.15) is 5.69 Å². The van der Waals surface area contributed by atoms with Crippen LogP contribution < -0.4 is 9.64 Å². The highest BCUT2D eigenvalue weighted by molar-refractivity contribution is 6.03. The van der Waals surface area contributed by atoms with Crippen LogP contribution in [0.5, 0.6) is 5.75 Å². The number of carbonyl (C=O) groups excluding carboxylic acids is 3. The Labute approximate surface area is 153 Å². The Morgan fingerprint density at radius 2 is 1.89 bits per heavy atom. The molecule has 1 aromatic carbocycles. The summed E-state index contributed by atoms with van der Waals surface area (Å²) in [6, 6.07) is 2.87. The molecule has 0 spiro atoms. The number of hydrogen-bond donors (Lipinski definition) is 2. The average Bonchev–Trinajstić information content (AvgIpc) is 3.12. The second-order valence-electron chi connectivity index (χ2n) is 5.75. The Hall–Kier alpha value is -3.27. The quantitative estimate of drug-likeness (QED) is 0.462. The highest BCUT2D eigenvalue weighted by atomic mass is 16.7. The summed E-state index contributed by atoms with van der Waals surface area (Å²) in [5, 5.41) is 10.9. The van der Waals surface area contributed by atoms with Crippen LogP contribution in [0.25, 0.3) is 10.9 Å². The van der Waals surface area contributed by atoms with Crippen LogP contribution >= 0.6 is 0 Å². The molecule has 3 rings (SSSR count). The van der Waals surface area contributed by atoms with Crippen LogP contribution in [0, 0.1) is 0 Å². The number of nitrogens with zero attached hydrogens (tertiary/aromatic N) is 1. The van der Waals surface area contributed by atoms with Gasteiger partial charge in [-0.25, -0.2) is 14.4 Å². The Kier molecular flexibility index (Phi) is 4.91. The van der Waals surface area contributed by atoms with E-state index < -0.39 is 24.3 Å². The van der Waals surface area contributed by atoms with Crippen LogP contribution in [0.3, 0.4) is 0 Å². The van der Waals surface area contributed by atoms with Crippen molar-refractivity contribution in [2.45, 2.75) is 12.5 Å². The third-order valence-corrected chi connectivity index (χ3v) is 4.31. The number of hydrogen-bond acceptors (Lipinski definition) is 8. The van der Waals surface area contributed by atoms with Gasteiger partial charge in [0.15, 0.2) is 5.75 Å². The highest BCUT2D eigenvalue weighted by Gasteiger charge is 2.33. The predicted octanol–water partition coefficient (Wildman–Crippen LogP) is 2.11. The van der Waals surface area contributed by atoms with Crippen molar-refractivity contribution < 1.29 is 38.4 Å². The molecule has 1 amide bonds. The molecular formula is C17H18N2O8. The lowest BCUT2D eigenvalue weighted by Crippen LogP contribution is -2.36. The number of aliphatic hydroxyl groups excluding tert-OH is 1. The van der Waals surface area contributed by atoms with Crippen molar-refractivity contribution >= 4 is 34.8 Å². The summed E-state index contributed by atoms with van der Waals surface area (Å²) >= 11 is 0. The Morgan fingerprint density at radius 3 is 2.52 bits per heavy atom. The van der Waals surface area contributed by atoms with Gasteiger partial charge >= 0.3 is 18.2 Å². The smallest absolute Gasteiger partial charge is 0.464 e. The molecule has 2 aromatic rings. The third kappa shape index (κ3) is 3.14. The largest absolute Gasteiger partial charge is 0.513 e. The second kappa shape index (κ2) is 7.16. The molecule has 0 radical (unpaired) electrons. The van der Waals surface area contributed by atoms with Crippen LogP contribution in [0.4, 0.5) is 15.3 Å². The van der Waals surface area contributed by atoms with E-state index in [1.165, 1.54) is 31.3 Å². The van der Waals surface area contributed by atoms with E-state index in [2.05, 4.69) is 9.72 Å². The number of methoxy groups -OCH3 is 3. The number of benzene rings is 1. The molecular weight excluding hydrogens is 360 g/mol. The van der Waals surface area contributed by atoms with E-state index in [0.717, 1.165) is 7.11 Å². The van der Waals surface area contributed by atoms with Crippen LogP contribution in [0.2, 0.25) is 0 Å². The predicted molar refractivity (Wildman–Crippen MR) is 92.0 cm³/mol. The molecule has 1 aliphatic heterocycles. The van der Waals surface area contributed by atoms with Crippen molar-refractivity contribution in [2.75, 3.05) is 32.8 Å². The van der Waals surface area contributed by atoms with Crippen LogP contribution in [-0.2, 0) is 14.2 Å². The van der Waals surface area contributed by atoms with E-state index in [4.69, 9.17) is 14.2 Å². The topological polar surface area (TPSA) is 127 Å². The number of fused-ring (bicyclic) bond motifs is 3. The molecule has 0 aliphatic carbocycles. The number of esters is 1. The lowest BCUT2D eigenvalue weighted by atomic mass is 9.95. The lowest BCUT2D eigenvalue weighted by molar-refractivity contribution is 0.0595. The first-order valence-corrected chi connectivity index (χ1v) is 7.98. The van der Waals surface area contributed by atoms with E-state index in [9.17, 15) is 19.5 Å². The molecule has 2 N–H and O–H groups in total. The molecule has 1 aliphatic rings. The van der Waals surface area contributed by atoms with Crippen molar-refractivity contribution in [3.05, 3.63) is 23.4 Å². The van der Waals surface area contributed by atoms with E-state index in [1.807, 2.05) is 0 Å². The molecule has 10 heteroatoms. The minimum atomic E-state index is -0.980. The molecule has 1 unspecified atom stereocenters. The summed E-state index contributed by atoms with van der Waals surface area (Å²) in [6.07, 6.45) is -2.23. The summed E-state index contributed by atoms with van der Waals surface area (Å²) in [7, 11) is 3.61. The van der Waals surface area contributed by atoms with Crippen molar-refractivity contribution in [2.24, 2.45) is 0 Å². The zero-order valence-corrected chi connectivity index (χ0v) is 14.9. The fourth-order valence-corrected chi connectivity index (χ4v) is 3.09. The summed E-state index contributed by atoms with van der Waals surface area (Å²) in [6.45, 7) is 0.207. The first kappa shape index (κ1) is 18.5. The first-order valence-electron chi connectivity index (χ1n) is 7.98. The average molecular weight is 378 g/mol. The molecule has 1 atom stereocenters. The number of ether oxygens (including phenoxy) is 4. The SMILES string of the molecule is COC(=O)Oc1cc2c(c3cc(C(=O)OC)[nH]c13)C(O)CCN2C(=O)OC. The molecule has 0 saturated heterocycles. The van der Waals surface area contributed by atoms with Gasteiger partial charge in [-0.3, -0.25) is 4.90 Å². The summed E-state index contributed by atoms with van der Waals surface area (Å²) in [5.74, 6) is -0.618. The summed E-state index contributed by atoms with van der Waals surface area (Å²) in [5.41, 5.74) is 1.09. The highest BCUT2D eigenvalue weighted by Crippen LogP contribution is 2.43. The number of aromatic amines is 1. The van der Waals surface area contributed by atoms with Crippen LogP contribution in [0.15, 0.2) is 12.1 Å². The first-order chi connectivity index (χ1) is 12.9. The lowest BCUT2D eigenvalue weighted by Gasteiger charge is -2.32. The van der Waals surface area contributed by atoms with E-state index in [1.54, 1.807) is 0 Å². The molecule has 2 heterocycles.